The third-order valence-electron chi connectivity index (χ3n) is 3.86. The van der Waals surface area contributed by atoms with E-state index in [4.69, 9.17) is 4.74 Å². The quantitative estimate of drug-likeness (QED) is 0.840. The van der Waals surface area contributed by atoms with Gasteiger partial charge in [-0.05, 0) is 42.9 Å². The molecule has 1 aromatic carbocycles. The first-order valence-electron chi connectivity index (χ1n) is 6.95. The number of methoxy groups -OCH3 is 1. The van der Waals surface area contributed by atoms with Gasteiger partial charge in [0.05, 0.1) is 12.7 Å². The molecular formula is C16H23NO2. The van der Waals surface area contributed by atoms with Crippen LogP contribution in [0.2, 0.25) is 0 Å². The van der Waals surface area contributed by atoms with Gasteiger partial charge in [-0.15, -0.1) is 0 Å². The first-order chi connectivity index (χ1) is 9.00. The monoisotopic (exact) mass is 261 g/mol. The number of benzene rings is 1. The van der Waals surface area contributed by atoms with Crippen LogP contribution in [0.25, 0.3) is 0 Å². The number of anilines is 1. The molecule has 0 aromatic heterocycles. The molecule has 0 heterocycles. The third-order valence-corrected chi connectivity index (χ3v) is 3.86. The second-order valence-corrected chi connectivity index (χ2v) is 6.17. The summed E-state index contributed by atoms with van der Waals surface area (Å²) in [6.45, 7) is 4.65. The molecule has 0 aliphatic heterocycles. The Hall–Kier alpha value is -1.51. The molecule has 3 nitrogen and oxygen atoms in total. The largest absolute Gasteiger partial charge is 0.465 e. The number of rotatable bonds is 3. The van der Waals surface area contributed by atoms with Gasteiger partial charge in [0, 0.05) is 11.7 Å². The minimum absolute atomic E-state index is 0.285. The van der Waals surface area contributed by atoms with Gasteiger partial charge in [0.1, 0.15) is 0 Å². The van der Waals surface area contributed by atoms with Crippen LogP contribution in [0.3, 0.4) is 0 Å². The van der Waals surface area contributed by atoms with Gasteiger partial charge >= 0.3 is 5.97 Å². The first kappa shape index (κ1) is 13.9. The molecule has 19 heavy (non-hydrogen) atoms. The smallest absolute Gasteiger partial charge is 0.337 e. The summed E-state index contributed by atoms with van der Waals surface area (Å²) in [4.78, 5) is 11.5. The Kier molecular flexibility index (Phi) is 4.13. The maximum atomic E-state index is 11.5. The summed E-state index contributed by atoms with van der Waals surface area (Å²) < 4.78 is 4.75. The molecule has 0 radical (unpaired) electrons. The molecule has 0 saturated heterocycles. The van der Waals surface area contributed by atoms with Crippen molar-refractivity contribution in [1.29, 1.82) is 0 Å². The number of carbonyl (C=O) groups excluding carboxylic acids is 1. The Balaban J connectivity index is 2.05. The van der Waals surface area contributed by atoms with E-state index in [0.717, 1.165) is 5.69 Å². The van der Waals surface area contributed by atoms with Crippen LogP contribution in [-0.2, 0) is 4.74 Å². The number of ether oxygens (including phenoxy) is 1. The number of hydrogen-bond donors (Lipinski definition) is 1. The zero-order chi connectivity index (χ0) is 13.9. The van der Waals surface area contributed by atoms with Crippen molar-refractivity contribution in [3.05, 3.63) is 29.8 Å². The fourth-order valence-corrected chi connectivity index (χ4v) is 2.91. The minimum Gasteiger partial charge on any atom is -0.465 e. The Morgan fingerprint density at radius 3 is 2.89 bits per heavy atom. The zero-order valence-corrected chi connectivity index (χ0v) is 12.0. The standard InChI is InChI=1S/C16H23NO2/c1-16(2)9-5-8-14(11-16)17-13-7-4-6-12(10-13)15(18)19-3/h4,6-7,10,14,17H,5,8-9,11H2,1-3H3. The molecule has 1 unspecified atom stereocenters. The zero-order valence-electron chi connectivity index (χ0n) is 12.0. The molecule has 2 rings (SSSR count). The first-order valence-corrected chi connectivity index (χ1v) is 6.95. The summed E-state index contributed by atoms with van der Waals surface area (Å²) in [6, 6.07) is 8.04. The molecule has 1 aromatic rings. The number of carbonyl (C=O) groups is 1. The van der Waals surface area contributed by atoms with Gasteiger partial charge in [-0.25, -0.2) is 4.79 Å². The van der Waals surface area contributed by atoms with E-state index in [1.165, 1.54) is 32.8 Å². The molecule has 1 aliphatic carbocycles. The van der Waals surface area contributed by atoms with Gasteiger partial charge in [0.2, 0.25) is 0 Å². The molecule has 3 heteroatoms. The predicted octanol–water partition coefficient (Wildman–Crippen LogP) is 3.85. The fourth-order valence-electron chi connectivity index (χ4n) is 2.91. The second kappa shape index (κ2) is 5.64. The lowest BCUT2D eigenvalue weighted by Crippen LogP contribution is -2.31. The van der Waals surface area contributed by atoms with Crippen molar-refractivity contribution in [3.63, 3.8) is 0 Å². The van der Waals surface area contributed by atoms with Crippen molar-refractivity contribution in [2.45, 2.75) is 45.6 Å². The van der Waals surface area contributed by atoms with E-state index in [2.05, 4.69) is 19.2 Å². The average molecular weight is 261 g/mol. The number of nitrogens with one attached hydrogen (secondary N) is 1. The van der Waals surface area contributed by atoms with Gasteiger partial charge in [0.25, 0.3) is 0 Å². The molecule has 0 spiro atoms. The Morgan fingerprint density at radius 1 is 1.42 bits per heavy atom. The molecule has 1 saturated carbocycles. The van der Waals surface area contributed by atoms with Crippen molar-refractivity contribution < 1.29 is 9.53 Å². The molecule has 0 amide bonds. The average Bonchev–Trinajstić information content (AvgIpc) is 2.37. The van der Waals surface area contributed by atoms with E-state index < -0.39 is 0 Å². The molecule has 104 valence electrons. The summed E-state index contributed by atoms with van der Waals surface area (Å²) in [5.41, 5.74) is 2.02. The lowest BCUT2D eigenvalue weighted by Gasteiger charge is -2.36. The van der Waals surface area contributed by atoms with Crippen LogP contribution >= 0.6 is 0 Å². The highest BCUT2D eigenvalue weighted by molar-refractivity contribution is 5.90. The van der Waals surface area contributed by atoms with Crippen LogP contribution in [0.4, 0.5) is 5.69 Å². The lowest BCUT2D eigenvalue weighted by atomic mass is 9.75. The maximum Gasteiger partial charge on any atom is 0.337 e. The van der Waals surface area contributed by atoms with Crippen LogP contribution in [0.1, 0.15) is 49.9 Å². The Labute approximate surface area is 115 Å². The molecule has 1 aliphatic rings. The van der Waals surface area contributed by atoms with Crippen LogP contribution in [-0.4, -0.2) is 19.1 Å². The molecule has 0 bridgehead atoms. The van der Waals surface area contributed by atoms with Crippen molar-refractivity contribution in [3.8, 4) is 0 Å². The molecule has 1 fully saturated rings. The van der Waals surface area contributed by atoms with Crippen molar-refractivity contribution >= 4 is 11.7 Å². The summed E-state index contributed by atoms with van der Waals surface area (Å²) in [5, 5.41) is 3.55. The number of esters is 1. The summed E-state index contributed by atoms with van der Waals surface area (Å²) in [7, 11) is 1.41. The van der Waals surface area contributed by atoms with E-state index in [1.807, 2.05) is 18.2 Å². The van der Waals surface area contributed by atoms with Crippen molar-refractivity contribution in [2.24, 2.45) is 5.41 Å². The molecule has 1 atom stereocenters. The summed E-state index contributed by atoms with van der Waals surface area (Å²) in [6.07, 6.45) is 4.94. The maximum absolute atomic E-state index is 11.5. The Bertz CT molecular complexity index is 454. The fraction of sp³-hybridized carbons (Fsp3) is 0.562. The Morgan fingerprint density at radius 2 is 2.21 bits per heavy atom. The van der Waals surface area contributed by atoms with E-state index >= 15 is 0 Å². The van der Waals surface area contributed by atoms with E-state index in [-0.39, 0.29) is 5.97 Å². The predicted molar refractivity (Wildman–Crippen MR) is 77.4 cm³/mol. The summed E-state index contributed by atoms with van der Waals surface area (Å²) >= 11 is 0. The van der Waals surface area contributed by atoms with Gasteiger partial charge in [-0.3, -0.25) is 0 Å². The second-order valence-electron chi connectivity index (χ2n) is 6.17. The SMILES string of the molecule is COC(=O)c1cccc(NC2CCCC(C)(C)C2)c1. The van der Waals surface area contributed by atoms with E-state index in [9.17, 15) is 4.79 Å². The van der Waals surface area contributed by atoms with Gasteiger partial charge in [-0.2, -0.15) is 0 Å². The molecular weight excluding hydrogens is 238 g/mol. The van der Waals surface area contributed by atoms with Crippen LogP contribution in [0, 0.1) is 5.41 Å². The normalized spacial score (nSPS) is 21.7. The van der Waals surface area contributed by atoms with Crippen LogP contribution in [0.5, 0.6) is 0 Å². The van der Waals surface area contributed by atoms with Gasteiger partial charge < -0.3 is 10.1 Å². The third kappa shape index (κ3) is 3.72. The topological polar surface area (TPSA) is 38.3 Å². The minimum atomic E-state index is -0.285. The highest BCUT2D eigenvalue weighted by atomic mass is 16.5. The van der Waals surface area contributed by atoms with Gasteiger partial charge in [-0.1, -0.05) is 26.3 Å². The van der Waals surface area contributed by atoms with Crippen molar-refractivity contribution in [1.82, 2.24) is 0 Å². The highest BCUT2D eigenvalue weighted by Gasteiger charge is 2.27. The molecule has 1 N–H and O–H groups in total. The van der Waals surface area contributed by atoms with Crippen molar-refractivity contribution in [2.75, 3.05) is 12.4 Å². The van der Waals surface area contributed by atoms with Crippen LogP contribution < -0.4 is 5.32 Å². The number of hydrogen-bond acceptors (Lipinski definition) is 3. The summed E-state index contributed by atoms with van der Waals surface area (Å²) in [5.74, 6) is -0.285. The highest BCUT2D eigenvalue weighted by Crippen LogP contribution is 2.36. The van der Waals surface area contributed by atoms with Crippen LogP contribution in [0.15, 0.2) is 24.3 Å². The van der Waals surface area contributed by atoms with E-state index in [1.54, 1.807) is 6.07 Å². The van der Waals surface area contributed by atoms with E-state index in [0.29, 0.717) is 17.0 Å². The van der Waals surface area contributed by atoms with Gasteiger partial charge in [0.15, 0.2) is 0 Å². The lowest BCUT2D eigenvalue weighted by molar-refractivity contribution is 0.0601.